The van der Waals surface area contributed by atoms with Gasteiger partial charge in [-0.15, -0.1) is 0 Å². The first-order valence-corrected chi connectivity index (χ1v) is 12.0. The number of aromatic nitrogens is 2. The summed E-state index contributed by atoms with van der Waals surface area (Å²) in [7, 11) is 0. The van der Waals surface area contributed by atoms with Gasteiger partial charge in [-0.3, -0.25) is 4.90 Å². The molecular formula is C29H27FN4O2. The van der Waals surface area contributed by atoms with E-state index in [0.717, 1.165) is 34.4 Å². The van der Waals surface area contributed by atoms with Crippen LogP contribution in [0.2, 0.25) is 0 Å². The number of aryl methyl sites for hydroxylation is 2. The maximum Gasteiger partial charge on any atom is 0.322 e. The van der Waals surface area contributed by atoms with E-state index in [-0.39, 0.29) is 11.8 Å². The number of nitrogens with zero attached hydrogens (tertiary/aromatic N) is 3. The molecule has 1 aliphatic heterocycles. The molecule has 0 saturated heterocycles. The molecule has 5 rings (SSSR count). The monoisotopic (exact) mass is 482 g/mol. The molecule has 36 heavy (non-hydrogen) atoms. The Balaban J connectivity index is 1.58. The second kappa shape index (κ2) is 9.77. The number of hydrogen-bond donors (Lipinski definition) is 1. The molecule has 1 aromatic heterocycles. The summed E-state index contributed by atoms with van der Waals surface area (Å²) in [6.07, 6.45) is 0.925. The van der Waals surface area contributed by atoms with Crippen LogP contribution in [-0.4, -0.2) is 21.1 Å². The van der Waals surface area contributed by atoms with Crippen LogP contribution in [0.1, 0.15) is 48.0 Å². The lowest BCUT2D eigenvalue weighted by Gasteiger charge is -2.35. The SMILES string of the molecule is CCc1ccc(C2NC(=O)N(Cc3ccc(C)cc3)C(C)=C2c2nc(-c3ccc(F)cc3)no2)cc1. The van der Waals surface area contributed by atoms with E-state index < -0.39 is 6.04 Å². The molecule has 7 heteroatoms. The predicted molar refractivity (Wildman–Crippen MR) is 136 cm³/mol. The van der Waals surface area contributed by atoms with E-state index in [1.54, 1.807) is 17.0 Å². The fraction of sp³-hybridized carbons (Fsp3) is 0.207. The lowest BCUT2D eigenvalue weighted by Crippen LogP contribution is -2.45. The van der Waals surface area contributed by atoms with Crippen LogP contribution in [0.25, 0.3) is 17.0 Å². The van der Waals surface area contributed by atoms with E-state index in [0.29, 0.717) is 23.8 Å². The number of hydrogen-bond acceptors (Lipinski definition) is 4. The molecule has 1 N–H and O–H groups in total. The van der Waals surface area contributed by atoms with Crippen molar-refractivity contribution in [3.63, 3.8) is 0 Å². The maximum absolute atomic E-state index is 13.4. The van der Waals surface area contributed by atoms with Crippen LogP contribution in [0.5, 0.6) is 0 Å². The van der Waals surface area contributed by atoms with Gasteiger partial charge in [-0.25, -0.2) is 9.18 Å². The van der Waals surface area contributed by atoms with Crippen molar-refractivity contribution in [2.45, 2.75) is 39.8 Å². The van der Waals surface area contributed by atoms with Crippen LogP contribution in [0, 0.1) is 12.7 Å². The van der Waals surface area contributed by atoms with E-state index in [2.05, 4.69) is 34.5 Å². The fourth-order valence-corrected chi connectivity index (χ4v) is 4.37. The van der Waals surface area contributed by atoms with Crippen molar-refractivity contribution < 1.29 is 13.7 Å². The number of urea groups is 1. The number of allylic oxidation sites excluding steroid dienone is 1. The summed E-state index contributed by atoms with van der Waals surface area (Å²) in [5.74, 6) is 0.330. The third kappa shape index (κ3) is 4.64. The zero-order valence-corrected chi connectivity index (χ0v) is 20.5. The molecule has 0 spiro atoms. The molecule has 6 nitrogen and oxygen atoms in total. The summed E-state index contributed by atoms with van der Waals surface area (Å²) >= 11 is 0. The molecule has 2 heterocycles. The lowest BCUT2D eigenvalue weighted by molar-refractivity contribution is 0.203. The molecule has 0 radical (unpaired) electrons. The summed E-state index contributed by atoms with van der Waals surface area (Å²) in [5, 5.41) is 7.28. The molecule has 3 aromatic carbocycles. The average molecular weight is 483 g/mol. The summed E-state index contributed by atoms with van der Waals surface area (Å²) in [5.41, 5.74) is 6.41. The first kappa shape index (κ1) is 23.5. The Morgan fingerprint density at radius 2 is 1.61 bits per heavy atom. The number of carbonyl (C=O) groups excluding carboxylic acids is 1. The van der Waals surface area contributed by atoms with Crippen LogP contribution in [-0.2, 0) is 13.0 Å². The van der Waals surface area contributed by atoms with Gasteiger partial charge in [-0.2, -0.15) is 4.98 Å². The van der Waals surface area contributed by atoms with Crippen LogP contribution >= 0.6 is 0 Å². The average Bonchev–Trinajstić information content (AvgIpc) is 3.37. The summed E-state index contributed by atoms with van der Waals surface area (Å²) in [6, 6.07) is 21.5. The van der Waals surface area contributed by atoms with Crippen LogP contribution in [0.3, 0.4) is 0 Å². The Kier molecular flexibility index (Phi) is 6.38. The molecule has 0 saturated carbocycles. The Hall–Kier alpha value is -4.26. The minimum atomic E-state index is -0.459. The Bertz CT molecular complexity index is 1410. The standard InChI is InChI=1S/C29H27FN4O2/c1-4-20-9-11-22(12-10-20)26-25(28-32-27(33-36-28)23-13-15-24(30)16-14-23)19(3)34(29(35)31-26)17-21-7-5-18(2)6-8-21/h5-16,26H,4,17H2,1-3H3,(H,31,35). The predicted octanol–water partition coefficient (Wildman–Crippen LogP) is 6.44. The largest absolute Gasteiger partial charge is 0.334 e. The van der Waals surface area contributed by atoms with Gasteiger partial charge in [0.05, 0.1) is 18.2 Å². The van der Waals surface area contributed by atoms with E-state index in [9.17, 15) is 9.18 Å². The molecular weight excluding hydrogens is 455 g/mol. The third-order valence-corrected chi connectivity index (χ3v) is 6.54. The fourth-order valence-electron chi connectivity index (χ4n) is 4.37. The molecule has 4 aromatic rings. The van der Waals surface area contributed by atoms with Gasteiger partial charge in [0.25, 0.3) is 5.89 Å². The van der Waals surface area contributed by atoms with Crippen molar-refractivity contribution in [1.29, 1.82) is 0 Å². The first-order valence-electron chi connectivity index (χ1n) is 12.0. The third-order valence-electron chi connectivity index (χ3n) is 6.54. The highest BCUT2D eigenvalue weighted by molar-refractivity contribution is 5.86. The number of rotatable bonds is 6. The maximum atomic E-state index is 13.4. The van der Waals surface area contributed by atoms with E-state index in [1.165, 1.54) is 17.7 Å². The van der Waals surface area contributed by atoms with Crippen LogP contribution in [0.4, 0.5) is 9.18 Å². The summed E-state index contributed by atoms with van der Waals surface area (Å²) in [6.45, 7) is 6.44. The summed E-state index contributed by atoms with van der Waals surface area (Å²) in [4.78, 5) is 19.6. The van der Waals surface area contributed by atoms with Gasteiger partial charge in [-0.1, -0.05) is 66.2 Å². The number of nitrogens with one attached hydrogen (secondary N) is 1. The van der Waals surface area contributed by atoms with Gasteiger partial charge >= 0.3 is 6.03 Å². The van der Waals surface area contributed by atoms with Crippen molar-refractivity contribution in [3.05, 3.63) is 112 Å². The zero-order valence-electron chi connectivity index (χ0n) is 20.5. The van der Waals surface area contributed by atoms with Crippen molar-refractivity contribution >= 4 is 11.6 Å². The highest BCUT2D eigenvalue weighted by atomic mass is 19.1. The zero-order chi connectivity index (χ0) is 25.2. The van der Waals surface area contributed by atoms with E-state index in [4.69, 9.17) is 4.52 Å². The first-order chi connectivity index (χ1) is 17.4. The second-order valence-corrected chi connectivity index (χ2v) is 8.98. The van der Waals surface area contributed by atoms with Gasteiger partial charge in [0.1, 0.15) is 5.82 Å². The van der Waals surface area contributed by atoms with Gasteiger partial charge in [0.15, 0.2) is 0 Å². The normalized spacial score (nSPS) is 15.8. The van der Waals surface area contributed by atoms with Gasteiger partial charge in [0, 0.05) is 11.3 Å². The van der Waals surface area contributed by atoms with Gasteiger partial charge in [-0.05, 0) is 61.2 Å². The number of halogens is 1. The van der Waals surface area contributed by atoms with Crippen LogP contribution < -0.4 is 5.32 Å². The molecule has 182 valence electrons. The quantitative estimate of drug-likeness (QED) is 0.343. The molecule has 1 unspecified atom stereocenters. The number of benzene rings is 3. The molecule has 2 amide bonds. The van der Waals surface area contributed by atoms with Crippen molar-refractivity contribution in [2.75, 3.05) is 0 Å². The van der Waals surface area contributed by atoms with Gasteiger partial charge in [0.2, 0.25) is 5.82 Å². The van der Waals surface area contributed by atoms with E-state index >= 15 is 0 Å². The Morgan fingerprint density at radius 3 is 2.28 bits per heavy atom. The smallest absolute Gasteiger partial charge is 0.322 e. The second-order valence-electron chi connectivity index (χ2n) is 8.98. The van der Waals surface area contributed by atoms with E-state index in [1.807, 2.05) is 50.2 Å². The van der Waals surface area contributed by atoms with Crippen molar-refractivity contribution in [1.82, 2.24) is 20.4 Å². The minimum Gasteiger partial charge on any atom is -0.334 e. The highest BCUT2D eigenvalue weighted by Crippen LogP contribution is 2.38. The molecule has 0 bridgehead atoms. The van der Waals surface area contributed by atoms with Crippen molar-refractivity contribution in [3.8, 4) is 11.4 Å². The topological polar surface area (TPSA) is 71.3 Å². The highest BCUT2D eigenvalue weighted by Gasteiger charge is 2.35. The number of amides is 2. The van der Waals surface area contributed by atoms with Crippen molar-refractivity contribution in [2.24, 2.45) is 0 Å². The Labute approximate surface area is 209 Å². The Morgan fingerprint density at radius 1 is 0.944 bits per heavy atom. The summed E-state index contributed by atoms with van der Waals surface area (Å²) < 4.78 is 19.1. The van der Waals surface area contributed by atoms with Crippen LogP contribution in [0.15, 0.2) is 83.0 Å². The number of carbonyl (C=O) groups is 1. The van der Waals surface area contributed by atoms with Gasteiger partial charge < -0.3 is 9.84 Å². The minimum absolute atomic E-state index is 0.195. The lowest BCUT2D eigenvalue weighted by atomic mass is 9.93. The molecule has 1 atom stereocenters. The molecule has 0 fully saturated rings. The molecule has 0 aliphatic carbocycles. The molecule has 1 aliphatic rings.